The first-order valence-electron chi connectivity index (χ1n) is 15.2. The minimum Gasteiger partial charge on any atom is -0.340 e. The summed E-state index contributed by atoms with van der Waals surface area (Å²) < 4.78 is 155. The van der Waals surface area contributed by atoms with Crippen molar-refractivity contribution in [3.8, 4) is 0 Å². The molecule has 2 aromatic rings. The van der Waals surface area contributed by atoms with Crippen LogP contribution in [0.15, 0.2) is 52.1 Å². The summed E-state index contributed by atoms with van der Waals surface area (Å²) in [6.07, 6.45) is -4.13. The molecule has 0 amide bonds. The minimum atomic E-state index is -4.14. The number of nitrogens with zero attached hydrogens (tertiary/aromatic N) is 2. The van der Waals surface area contributed by atoms with Gasteiger partial charge in [-0.3, -0.25) is 0 Å². The Labute approximate surface area is 158 Å². The summed E-state index contributed by atoms with van der Waals surface area (Å²) >= 11 is 0.509. The van der Waals surface area contributed by atoms with E-state index in [9.17, 15) is 0 Å². The molecular weight excluding hydrogens is 276 g/mol. The van der Waals surface area contributed by atoms with Crippen LogP contribution in [-0.4, -0.2) is 31.8 Å². The summed E-state index contributed by atoms with van der Waals surface area (Å²) in [5, 5.41) is 0. The molecule has 0 saturated carbocycles. The molecule has 0 saturated heterocycles. The molecule has 3 heteroatoms. The quantitative estimate of drug-likeness (QED) is 0.817. The Balaban J connectivity index is 2.52. The Morgan fingerprint density at radius 2 is 2.00 bits per heavy atom. The van der Waals surface area contributed by atoms with Gasteiger partial charge in [0, 0.05) is 32.7 Å². The molecule has 0 atom stereocenters. The smallest absolute Gasteiger partial charge is 0.0648 e. The molecule has 0 aliphatic carbocycles. The highest BCUT2D eigenvalue weighted by atomic mass is 32.2. The lowest BCUT2D eigenvalue weighted by Crippen LogP contribution is -2.25. The van der Waals surface area contributed by atoms with E-state index in [1.807, 2.05) is 0 Å². The zero-order valence-corrected chi connectivity index (χ0v) is 11.6. The van der Waals surface area contributed by atoms with Crippen LogP contribution in [0.2, 0.25) is 0 Å². The minimum absolute atomic E-state index is 0.190. The van der Waals surface area contributed by atoms with Gasteiger partial charge in [0.15, 0.2) is 0 Å². The topological polar surface area (TPSA) is 6.48 Å². The highest BCUT2D eigenvalue weighted by Gasteiger charge is 2.22. The van der Waals surface area contributed by atoms with Gasteiger partial charge in [-0.1, -0.05) is 29.9 Å². The molecule has 0 radical (unpaired) electrons. The lowest BCUT2D eigenvalue weighted by Gasteiger charge is -2.33. The number of para-hydroxylation sites is 1. The Hall–Kier alpha value is -1.45. The largest absolute Gasteiger partial charge is 0.340 e. The molecule has 0 aromatic heterocycles. The van der Waals surface area contributed by atoms with Crippen molar-refractivity contribution in [1.29, 1.82) is 0 Å². The van der Waals surface area contributed by atoms with Crippen LogP contribution in [0.4, 0.5) is 11.4 Å². The van der Waals surface area contributed by atoms with Gasteiger partial charge in [0.2, 0.25) is 0 Å². The molecule has 2 aromatic carbocycles. The Morgan fingerprint density at radius 1 is 1.19 bits per heavy atom. The highest BCUT2D eigenvalue weighted by molar-refractivity contribution is 7.99. The van der Waals surface area contributed by atoms with Crippen molar-refractivity contribution in [2.24, 2.45) is 0 Å². The van der Waals surface area contributed by atoms with Crippen molar-refractivity contribution in [2.45, 2.75) is 23.1 Å². The standard InChI is InChI=1S/C18H22N2S/c1-14-9-10-18-16(13-14)20(12-6-11-19(2)3)15-7-4-5-8-17(15)21-18/h4-5,7-10,13H,6,11-12H2,1-3H3/i2D3,3D3,4D,5D,6D2,7D,8D,9D,10D,11D2,12D2,13D. The molecule has 0 N–H and O–H groups in total. The molecule has 21 heavy (non-hydrogen) atoms. The van der Waals surface area contributed by atoms with Crippen LogP contribution >= 0.6 is 11.8 Å². The third kappa shape index (κ3) is 3.09. The van der Waals surface area contributed by atoms with Gasteiger partial charge < -0.3 is 9.80 Å². The second-order valence-electron chi connectivity index (χ2n) is 3.98. The first-order chi connectivity index (χ1) is 17.8. The van der Waals surface area contributed by atoms with Gasteiger partial charge in [0.1, 0.15) is 0 Å². The van der Waals surface area contributed by atoms with Gasteiger partial charge >= 0.3 is 0 Å². The van der Waals surface area contributed by atoms with Crippen molar-refractivity contribution in [2.75, 3.05) is 31.8 Å². The van der Waals surface area contributed by atoms with E-state index in [0.717, 1.165) is 0 Å². The summed E-state index contributed by atoms with van der Waals surface area (Å²) in [7, 11) is 0. The molecule has 1 heterocycles. The Kier molecular flexibility index (Phi) is 1.19. The van der Waals surface area contributed by atoms with Crippen molar-refractivity contribution < 1.29 is 26.0 Å². The molecule has 0 fully saturated rings. The van der Waals surface area contributed by atoms with Crippen LogP contribution in [0.5, 0.6) is 0 Å². The van der Waals surface area contributed by atoms with Crippen molar-refractivity contribution in [3.63, 3.8) is 0 Å². The van der Waals surface area contributed by atoms with Gasteiger partial charge in [-0.05, 0) is 63.5 Å². The lowest BCUT2D eigenvalue weighted by molar-refractivity contribution is 0.402. The summed E-state index contributed by atoms with van der Waals surface area (Å²) in [5.41, 5.74) is -1.57. The summed E-state index contributed by atoms with van der Waals surface area (Å²) in [6, 6.07) is -5.04. The number of hydrogen-bond acceptors (Lipinski definition) is 3. The van der Waals surface area contributed by atoms with Crippen LogP contribution in [0.25, 0.3) is 0 Å². The van der Waals surface area contributed by atoms with E-state index in [2.05, 4.69) is 0 Å². The maximum absolute atomic E-state index is 8.86. The molecule has 0 bridgehead atoms. The molecule has 1 aliphatic heterocycles. The normalized spacial score (nSPS) is 29.6. The van der Waals surface area contributed by atoms with Crippen molar-refractivity contribution in [1.82, 2.24) is 4.90 Å². The molecule has 2 nitrogen and oxygen atoms in total. The predicted molar refractivity (Wildman–Crippen MR) is 91.9 cm³/mol. The Morgan fingerprint density at radius 3 is 2.86 bits per heavy atom. The van der Waals surface area contributed by atoms with Crippen LogP contribution in [0.3, 0.4) is 0 Å². The van der Waals surface area contributed by atoms with Crippen LogP contribution < -0.4 is 4.90 Å². The van der Waals surface area contributed by atoms with Gasteiger partial charge in [0.05, 0.1) is 21.0 Å². The average molecular weight is 318 g/mol. The molecule has 0 spiro atoms. The fourth-order valence-electron chi connectivity index (χ4n) is 1.69. The number of fused-ring (bicyclic) bond motifs is 2. The fraction of sp³-hybridized carbons (Fsp3) is 0.333. The van der Waals surface area contributed by atoms with Crippen LogP contribution in [-0.2, 0) is 0 Å². The summed E-state index contributed by atoms with van der Waals surface area (Å²) in [6.45, 7) is -14.4. The number of benzene rings is 2. The molecule has 0 unspecified atom stereocenters. The second kappa shape index (κ2) is 6.12. The maximum atomic E-state index is 8.86. The summed E-state index contributed by atoms with van der Waals surface area (Å²) in [5.74, 6) is 0. The monoisotopic (exact) mass is 317 g/mol. The zero-order chi connectivity index (χ0) is 31.3. The van der Waals surface area contributed by atoms with E-state index in [1.165, 1.54) is 6.92 Å². The Bertz CT molecular complexity index is 1300. The van der Waals surface area contributed by atoms with Gasteiger partial charge in [-0.2, -0.15) is 0 Å². The number of hydrogen-bond donors (Lipinski definition) is 0. The third-order valence-corrected chi connectivity index (χ3v) is 3.50. The number of rotatable bonds is 4. The van der Waals surface area contributed by atoms with E-state index < -0.39 is 96.8 Å². The zero-order valence-electron chi connectivity index (χ0n) is 29.8. The fourth-order valence-corrected chi connectivity index (χ4v) is 2.58. The molecule has 1 aliphatic rings. The first-order valence-corrected chi connectivity index (χ1v) is 6.57. The first kappa shape index (κ1) is 4.09. The average Bonchev–Trinajstić information content (AvgIpc) is 2.79. The van der Waals surface area contributed by atoms with Gasteiger partial charge in [-0.15, -0.1) is 0 Å². The van der Waals surface area contributed by atoms with E-state index >= 15 is 0 Å². The van der Waals surface area contributed by atoms with Gasteiger partial charge in [0.25, 0.3) is 0 Å². The van der Waals surface area contributed by atoms with Crippen LogP contribution in [0, 0.1) is 6.92 Å². The van der Waals surface area contributed by atoms with Gasteiger partial charge in [-0.25, -0.2) is 0 Å². The SMILES string of the molecule is [2H]c1c([2H])c([2H])c2c(c1[2H])Sc1c([2H])c([2H])c(C)c([2H])c1N2C([2H])([2H])C([2H])([2H])C([2H])([2H])N(C([2H])([2H])[2H])C([2H])([2H])[2H]. The molecular formula is C18H22N2S. The van der Waals surface area contributed by atoms with E-state index in [0.29, 0.717) is 11.8 Å². The van der Waals surface area contributed by atoms with Crippen molar-refractivity contribution >= 4 is 23.1 Å². The van der Waals surface area contributed by atoms with E-state index in [4.69, 9.17) is 26.0 Å². The van der Waals surface area contributed by atoms with Crippen LogP contribution in [0.1, 0.15) is 38.0 Å². The van der Waals surface area contributed by atoms with E-state index in [-0.39, 0.29) is 15.4 Å². The second-order valence-corrected chi connectivity index (χ2v) is 5.00. The lowest BCUT2D eigenvalue weighted by atomic mass is 10.1. The number of anilines is 2. The molecule has 110 valence electrons. The third-order valence-electron chi connectivity index (χ3n) is 2.51. The summed E-state index contributed by atoms with van der Waals surface area (Å²) in [4.78, 5) is -1.34. The molecule has 3 rings (SSSR count). The highest BCUT2D eigenvalue weighted by Crippen LogP contribution is 2.48. The predicted octanol–water partition coefficient (Wildman–Crippen LogP) is 4.55. The maximum Gasteiger partial charge on any atom is 0.0648 e. The van der Waals surface area contributed by atoms with Crippen molar-refractivity contribution in [3.05, 3.63) is 47.9 Å². The van der Waals surface area contributed by atoms with E-state index in [1.54, 1.807) is 0 Å².